The molecule has 0 atom stereocenters. The molecular formula is C17H16ClN3O4S. The van der Waals surface area contributed by atoms with E-state index in [0.29, 0.717) is 16.3 Å². The summed E-state index contributed by atoms with van der Waals surface area (Å²) in [5.74, 6) is -0.701. The number of benzene rings is 2. The predicted octanol–water partition coefficient (Wildman–Crippen LogP) is 1.71. The molecule has 3 rings (SSSR count). The smallest absolute Gasteiger partial charge is 0.255 e. The number of carbonyl (C=O) groups excluding carboxylic acids is 2. The van der Waals surface area contributed by atoms with E-state index in [0.717, 1.165) is 4.31 Å². The molecule has 1 aliphatic heterocycles. The molecule has 0 spiro atoms. The highest BCUT2D eigenvalue weighted by Crippen LogP contribution is 2.18. The summed E-state index contributed by atoms with van der Waals surface area (Å²) in [5.41, 5.74) is 0.894. The second-order valence-corrected chi connectivity index (χ2v) is 8.05. The van der Waals surface area contributed by atoms with Crippen LogP contribution >= 0.6 is 11.6 Å². The van der Waals surface area contributed by atoms with Gasteiger partial charge >= 0.3 is 0 Å². The zero-order chi connectivity index (χ0) is 18.7. The van der Waals surface area contributed by atoms with Crippen LogP contribution in [0.25, 0.3) is 0 Å². The van der Waals surface area contributed by atoms with Crippen molar-refractivity contribution in [3.05, 3.63) is 59.1 Å². The van der Waals surface area contributed by atoms with Crippen LogP contribution in [0.15, 0.2) is 53.4 Å². The summed E-state index contributed by atoms with van der Waals surface area (Å²) in [7, 11) is -3.77. The van der Waals surface area contributed by atoms with Gasteiger partial charge in [0.15, 0.2) is 0 Å². The van der Waals surface area contributed by atoms with Crippen LogP contribution in [0.2, 0.25) is 5.02 Å². The van der Waals surface area contributed by atoms with Crippen LogP contribution in [0.1, 0.15) is 10.4 Å². The number of sulfonamides is 1. The van der Waals surface area contributed by atoms with Crippen LogP contribution in [0.4, 0.5) is 5.69 Å². The number of anilines is 1. The lowest BCUT2D eigenvalue weighted by atomic mass is 10.2. The summed E-state index contributed by atoms with van der Waals surface area (Å²) in [6, 6.07) is 12.2. The zero-order valence-electron chi connectivity index (χ0n) is 13.6. The van der Waals surface area contributed by atoms with E-state index >= 15 is 0 Å². The van der Waals surface area contributed by atoms with Crippen molar-refractivity contribution in [2.75, 3.05) is 25.0 Å². The average molecular weight is 394 g/mol. The first kappa shape index (κ1) is 18.4. The topological polar surface area (TPSA) is 95.6 Å². The Morgan fingerprint density at radius 1 is 1.08 bits per heavy atom. The van der Waals surface area contributed by atoms with Crippen LogP contribution in [-0.4, -0.2) is 44.2 Å². The van der Waals surface area contributed by atoms with Crippen molar-refractivity contribution in [3.63, 3.8) is 0 Å². The first-order chi connectivity index (χ1) is 12.4. The standard InChI is InChI=1S/C17H16ClN3O4S/c18-13-3-5-14(6-4-13)20-17(23)12-1-7-15(8-2-12)26(24,25)21-10-9-19-16(22)11-21/h1-8H,9-11H2,(H,19,22)(H,20,23). The van der Waals surface area contributed by atoms with Crippen molar-refractivity contribution in [1.82, 2.24) is 9.62 Å². The summed E-state index contributed by atoms with van der Waals surface area (Å²) in [4.78, 5) is 23.7. The van der Waals surface area contributed by atoms with Crippen molar-refractivity contribution < 1.29 is 18.0 Å². The Morgan fingerprint density at radius 3 is 2.35 bits per heavy atom. The van der Waals surface area contributed by atoms with Gasteiger partial charge in [0.1, 0.15) is 0 Å². The minimum absolute atomic E-state index is 0.0373. The zero-order valence-corrected chi connectivity index (χ0v) is 15.2. The van der Waals surface area contributed by atoms with Gasteiger partial charge < -0.3 is 10.6 Å². The number of nitrogens with one attached hydrogen (secondary N) is 2. The molecule has 2 N–H and O–H groups in total. The van der Waals surface area contributed by atoms with E-state index in [9.17, 15) is 18.0 Å². The number of hydrogen-bond acceptors (Lipinski definition) is 4. The van der Waals surface area contributed by atoms with Crippen LogP contribution in [0.3, 0.4) is 0 Å². The summed E-state index contributed by atoms with van der Waals surface area (Å²) >= 11 is 5.80. The minimum Gasteiger partial charge on any atom is -0.354 e. The number of rotatable bonds is 4. The summed E-state index contributed by atoms with van der Waals surface area (Å²) in [6.07, 6.45) is 0. The second-order valence-electron chi connectivity index (χ2n) is 5.67. The molecule has 0 aliphatic carbocycles. The maximum Gasteiger partial charge on any atom is 0.255 e. The van der Waals surface area contributed by atoms with Gasteiger partial charge in [-0.05, 0) is 48.5 Å². The third kappa shape index (κ3) is 4.04. The molecule has 1 aliphatic rings. The molecule has 7 nitrogen and oxygen atoms in total. The maximum absolute atomic E-state index is 12.6. The highest BCUT2D eigenvalue weighted by atomic mass is 35.5. The number of nitrogens with zero attached hydrogens (tertiary/aromatic N) is 1. The summed E-state index contributed by atoms with van der Waals surface area (Å²) in [6.45, 7) is 0.285. The van der Waals surface area contributed by atoms with Gasteiger partial charge in [-0.15, -0.1) is 0 Å². The van der Waals surface area contributed by atoms with E-state index in [1.807, 2.05) is 0 Å². The van der Waals surface area contributed by atoms with Crippen LogP contribution in [0.5, 0.6) is 0 Å². The molecule has 1 fully saturated rings. The fourth-order valence-electron chi connectivity index (χ4n) is 2.48. The van der Waals surface area contributed by atoms with Crippen molar-refractivity contribution in [1.29, 1.82) is 0 Å². The molecule has 136 valence electrons. The lowest BCUT2D eigenvalue weighted by molar-refractivity contribution is -0.122. The SMILES string of the molecule is O=C1CN(S(=O)(=O)c2ccc(C(=O)Nc3ccc(Cl)cc3)cc2)CCN1. The number of carbonyl (C=O) groups is 2. The summed E-state index contributed by atoms with van der Waals surface area (Å²) < 4.78 is 26.3. The van der Waals surface area contributed by atoms with Gasteiger partial charge in [-0.25, -0.2) is 8.42 Å². The fraction of sp³-hybridized carbons (Fsp3) is 0.176. The molecule has 9 heteroatoms. The van der Waals surface area contributed by atoms with Gasteiger partial charge in [-0.3, -0.25) is 9.59 Å². The molecule has 2 amide bonds. The van der Waals surface area contributed by atoms with Crippen molar-refractivity contribution in [3.8, 4) is 0 Å². The molecule has 0 unspecified atom stereocenters. The van der Waals surface area contributed by atoms with Crippen molar-refractivity contribution >= 4 is 39.1 Å². The molecule has 1 heterocycles. The van der Waals surface area contributed by atoms with Gasteiger partial charge in [-0.1, -0.05) is 11.6 Å². The Labute approximate surface area is 156 Å². The highest BCUT2D eigenvalue weighted by molar-refractivity contribution is 7.89. The van der Waals surface area contributed by atoms with E-state index in [1.54, 1.807) is 24.3 Å². The summed E-state index contributed by atoms with van der Waals surface area (Å²) in [5, 5.41) is 5.84. The predicted molar refractivity (Wildman–Crippen MR) is 97.6 cm³/mol. The Morgan fingerprint density at radius 2 is 1.73 bits per heavy atom. The molecule has 0 bridgehead atoms. The monoisotopic (exact) mass is 393 g/mol. The van der Waals surface area contributed by atoms with Gasteiger partial charge in [-0.2, -0.15) is 4.31 Å². The Hall–Kier alpha value is -2.42. The van der Waals surface area contributed by atoms with E-state index in [2.05, 4.69) is 10.6 Å². The number of halogens is 1. The van der Waals surface area contributed by atoms with E-state index in [4.69, 9.17) is 11.6 Å². The number of piperazine rings is 1. The lowest BCUT2D eigenvalue weighted by Crippen LogP contribution is -2.49. The van der Waals surface area contributed by atoms with Crippen molar-refractivity contribution in [2.24, 2.45) is 0 Å². The first-order valence-corrected chi connectivity index (χ1v) is 9.62. The van der Waals surface area contributed by atoms with E-state index in [1.165, 1.54) is 24.3 Å². The average Bonchev–Trinajstić information content (AvgIpc) is 2.64. The first-order valence-electron chi connectivity index (χ1n) is 7.80. The Balaban J connectivity index is 1.74. The van der Waals surface area contributed by atoms with Crippen molar-refractivity contribution in [2.45, 2.75) is 4.90 Å². The number of amides is 2. The third-order valence-electron chi connectivity index (χ3n) is 3.86. The minimum atomic E-state index is -3.77. The van der Waals surface area contributed by atoms with E-state index < -0.39 is 10.0 Å². The van der Waals surface area contributed by atoms with Crippen LogP contribution in [-0.2, 0) is 14.8 Å². The Bertz CT molecular complexity index is 927. The number of hydrogen-bond donors (Lipinski definition) is 2. The van der Waals surface area contributed by atoms with Crippen LogP contribution < -0.4 is 10.6 Å². The largest absolute Gasteiger partial charge is 0.354 e. The molecule has 2 aromatic carbocycles. The molecule has 0 radical (unpaired) electrons. The molecule has 1 saturated heterocycles. The van der Waals surface area contributed by atoms with E-state index in [-0.39, 0.29) is 36.3 Å². The normalized spacial score (nSPS) is 15.3. The van der Waals surface area contributed by atoms with Crippen LogP contribution in [0, 0.1) is 0 Å². The van der Waals surface area contributed by atoms with Gasteiger partial charge in [0.05, 0.1) is 11.4 Å². The third-order valence-corrected chi connectivity index (χ3v) is 5.97. The van der Waals surface area contributed by atoms with Gasteiger partial charge in [0, 0.05) is 29.4 Å². The molecule has 0 saturated carbocycles. The molecular weight excluding hydrogens is 378 g/mol. The quantitative estimate of drug-likeness (QED) is 0.826. The fourth-order valence-corrected chi connectivity index (χ4v) is 4.01. The lowest BCUT2D eigenvalue weighted by Gasteiger charge is -2.25. The maximum atomic E-state index is 12.6. The van der Waals surface area contributed by atoms with Gasteiger partial charge in [0.25, 0.3) is 5.91 Å². The second kappa shape index (κ2) is 7.45. The Kier molecular flexibility index (Phi) is 5.26. The molecule has 0 aromatic heterocycles. The van der Waals surface area contributed by atoms with Gasteiger partial charge in [0.2, 0.25) is 15.9 Å². The highest BCUT2D eigenvalue weighted by Gasteiger charge is 2.29. The molecule has 2 aromatic rings. The molecule has 26 heavy (non-hydrogen) atoms.